The van der Waals surface area contributed by atoms with E-state index in [0.717, 1.165) is 38.0 Å². The zero-order chi connectivity index (χ0) is 15.6. The van der Waals surface area contributed by atoms with Crippen molar-refractivity contribution in [2.24, 2.45) is 0 Å². The molecular weight excluding hydrogens is 300 g/mol. The Morgan fingerprint density at radius 3 is 2.95 bits per heavy atom. The maximum Gasteiger partial charge on any atom is 0.214 e. The first kappa shape index (κ1) is 15.8. The molecule has 1 aliphatic heterocycles. The van der Waals surface area contributed by atoms with E-state index in [9.17, 15) is 8.42 Å². The second kappa shape index (κ2) is 6.56. The van der Waals surface area contributed by atoms with E-state index in [1.807, 2.05) is 6.07 Å². The van der Waals surface area contributed by atoms with Crippen molar-refractivity contribution in [1.82, 2.24) is 9.62 Å². The van der Waals surface area contributed by atoms with Crippen LogP contribution in [-0.4, -0.2) is 51.3 Å². The van der Waals surface area contributed by atoms with Crippen molar-refractivity contribution in [2.45, 2.75) is 31.7 Å². The largest absolute Gasteiger partial charge is 0.497 e. The number of sulfonamides is 1. The lowest BCUT2D eigenvalue weighted by molar-refractivity contribution is 0.394. The third kappa shape index (κ3) is 3.45. The molecule has 2 aliphatic rings. The molecule has 6 heteroatoms. The van der Waals surface area contributed by atoms with Crippen molar-refractivity contribution < 1.29 is 13.2 Å². The maximum absolute atomic E-state index is 11.8. The van der Waals surface area contributed by atoms with E-state index in [-0.39, 0.29) is 0 Å². The highest BCUT2D eigenvalue weighted by atomic mass is 32.2. The van der Waals surface area contributed by atoms with Crippen LogP contribution >= 0.6 is 0 Å². The average molecular weight is 324 g/mol. The quantitative estimate of drug-likeness (QED) is 0.883. The molecule has 1 aliphatic carbocycles. The summed E-state index contributed by atoms with van der Waals surface area (Å²) in [7, 11) is -1.28. The molecule has 1 N–H and O–H groups in total. The number of hydrogen-bond acceptors (Lipinski definition) is 4. The Balaban J connectivity index is 1.52. The van der Waals surface area contributed by atoms with Crippen molar-refractivity contribution in [1.29, 1.82) is 0 Å². The molecule has 0 spiro atoms. The monoisotopic (exact) mass is 324 g/mol. The van der Waals surface area contributed by atoms with E-state index >= 15 is 0 Å². The molecule has 122 valence electrons. The lowest BCUT2D eigenvalue weighted by atomic mass is 9.88. The number of fused-ring (bicyclic) bond motifs is 1. The van der Waals surface area contributed by atoms with Gasteiger partial charge in [-0.05, 0) is 48.9 Å². The molecule has 5 nitrogen and oxygen atoms in total. The molecule has 0 amide bonds. The Kier molecular flexibility index (Phi) is 4.70. The fourth-order valence-electron chi connectivity index (χ4n) is 3.37. The SMILES string of the molecule is COc1ccc2c(c1)C[C@H](NCCN1CCCS1(=O)=O)CC2. The van der Waals surface area contributed by atoms with Crippen LogP contribution in [0.25, 0.3) is 0 Å². The molecular formula is C16H24N2O3S. The lowest BCUT2D eigenvalue weighted by Crippen LogP contribution is -2.40. The number of aryl methyl sites for hydroxylation is 1. The zero-order valence-electron chi connectivity index (χ0n) is 13.0. The number of ether oxygens (including phenoxy) is 1. The van der Waals surface area contributed by atoms with Crippen LogP contribution in [0.1, 0.15) is 24.0 Å². The Morgan fingerprint density at radius 2 is 2.23 bits per heavy atom. The number of hydrogen-bond donors (Lipinski definition) is 1. The number of benzene rings is 1. The second-order valence-electron chi connectivity index (χ2n) is 6.10. The minimum absolute atomic E-state index is 0.309. The first-order valence-electron chi connectivity index (χ1n) is 7.95. The third-order valence-electron chi connectivity index (χ3n) is 4.64. The summed E-state index contributed by atoms with van der Waals surface area (Å²) < 4.78 is 30.4. The van der Waals surface area contributed by atoms with E-state index in [1.165, 1.54) is 11.1 Å². The highest BCUT2D eigenvalue weighted by molar-refractivity contribution is 7.89. The van der Waals surface area contributed by atoms with Crippen molar-refractivity contribution in [3.63, 3.8) is 0 Å². The van der Waals surface area contributed by atoms with Crippen LogP contribution in [0.4, 0.5) is 0 Å². The van der Waals surface area contributed by atoms with Gasteiger partial charge in [0.1, 0.15) is 5.75 Å². The minimum atomic E-state index is -2.97. The summed E-state index contributed by atoms with van der Waals surface area (Å²) in [6, 6.07) is 6.71. The Labute approximate surface area is 132 Å². The fourth-order valence-corrected chi connectivity index (χ4v) is 4.90. The van der Waals surface area contributed by atoms with Gasteiger partial charge in [-0.3, -0.25) is 0 Å². The lowest BCUT2D eigenvalue weighted by Gasteiger charge is -2.26. The second-order valence-corrected chi connectivity index (χ2v) is 8.19. The summed E-state index contributed by atoms with van der Waals surface area (Å²) in [4.78, 5) is 0. The molecule has 1 aromatic carbocycles. The van der Waals surface area contributed by atoms with Gasteiger partial charge >= 0.3 is 0 Å². The Morgan fingerprint density at radius 1 is 1.36 bits per heavy atom. The van der Waals surface area contributed by atoms with Crippen LogP contribution in [0.2, 0.25) is 0 Å². The van der Waals surface area contributed by atoms with E-state index in [1.54, 1.807) is 11.4 Å². The van der Waals surface area contributed by atoms with Crippen LogP contribution in [-0.2, 0) is 22.9 Å². The van der Waals surface area contributed by atoms with E-state index in [4.69, 9.17) is 4.74 Å². The standard InChI is InChI=1S/C16H24N2O3S/c1-21-16-6-4-13-3-5-15(11-14(13)12-16)17-7-9-18-8-2-10-22(18,19)20/h4,6,12,15,17H,2-3,5,7-11H2,1H3/t15-/m1/s1. The van der Waals surface area contributed by atoms with Crippen molar-refractivity contribution >= 4 is 10.0 Å². The predicted octanol–water partition coefficient (Wildman–Crippen LogP) is 1.18. The smallest absolute Gasteiger partial charge is 0.214 e. The average Bonchev–Trinajstić information content (AvgIpc) is 2.85. The summed E-state index contributed by atoms with van der Waals surface area (Å²) in [5, 5.41) is 3.52. The van der Waals surface area contributed by atoms with Crippen LogP contribution in [0, 0.1) is 0 Å². The number of rotatable bonds is 5. The molecule has 0 bridgehead atoms. The van der Waals surface area contributed by atoms with Gasteiger partial charge in [0.15, 0.2) is 0 Å². The summed E-state index contributed by atoms with van der Waals surface area (Å²) in [5.41, 5.74) is 2.75. The van der Waals surface area contributed by atoms with Crippen molar-refractivity contribution in [3.05, 3.63) is 29.3 Å². The fraction of sp³-hybridized carbons (Fsp3) is 0.625. The molecule has 1 aromatic rings. The third-order valence-corrected chi connectivity index (χ3v) is 6.60. The van der Waals surface area contributed by atoms with Crippen LogP contribution in [0.15, 0.2) is 18.2 Å². The van der Waals surface area contributed by atoms with Crippen molar-refractivity contribution in [2.75, 3.05) is 32.5 Å². The van der Waals surface area contributed by atoms with Crippen molar-refractivity contribution in [3.8, 4) is 5.75 Å². The molecule has 0 radical (unpaired) electrons. The Hall–Kier alpha value is -1.11. The van der Waals surface area contributed by atoms with Gasteiger partial charge in [-0.1, -0.05) is 6.07 Å². The highest BCUT2D eigenvalue weighted by Crippen LogP contribution is 2.25. The van der Waals surface area contributed by atoms with Gasteiger partial charge in [0.05, 0.1) is 12.9 Å². The summed E-state index contributed by atoms with van der Waals surface area (Å²) in [6.07, 6.45) is 3.92. The van der Waals surface area contributed by atoms with Gasteiger partial charge in [-0.15, -0.1) is 0 Å². The highest BCUT2D eigenvalue weighted by Gasteiger charge is 2.27. The maximum atomic E-state index is 11.8. The van der Waals surface area contributed by atoms with E-state index < -0.39 is 10.0 Å². The van der Waals surface area contributed by atoms with E-state index in [0.29, 0.717) is 24.9 Å². The topological polar surface area (TPSA) is 58.6 Å². The molecule has 1 saturated heterocycles. The predicted molar refractivity (Wildman–Crippen MR) is 86.8 cm³/mol. The number of nitrogens with one attached hydrogen (secondary N) is 1. The van der Waals surface area contributed by atoms with Gasteiger partial charge in [-0.25, -0.2) is 12.7 Å². The van der Waals surface area contributed by atoms with Crippen LogP contribution in [0.5, 0.6) is 5.75 Å². The molecule has 1 atom stereocenters. The molecule has 0 aromatic heterocycles. The number of methoxy groups -OCH3 is 1. The Bertz CT molecular complexity index is 630. The molecule has 1 heterocycles. The summed E-state index contributed by atoms with van der Waals surface area (Å²) in [5.74, 6) is 1.21. The van der Waals surface area contributed by atoms with Gasteiger partial charge in [-0.2, -0.15) is 0 Å². The van der Waals surface area contributed by atoms with E-state index in [2.05, 4.69) is 17.4 Å². The normalized spacial score (nSPS) is 24.1. The molecule has 0 saturated carbocycles. The molecule has 3 rings (SSSR count). The van der Waals surface area contributed by atoms with Gasteiger partial charge < -0.3 is 10.1 Å². The van der Waals surface area contributed by atoms with Crippen LogP contribution < -0.4 is 10.1 Å². The molecule has 0 unspecified atom stereocenters. The molecule has 1 fully saturated rings. The van der Waals surface area contributed by atoms with Crippen LogP contribution in [0.3, 0.4) is 0 Å². The van der Waals surface area contributed by atoms with Gasteiger partial charge in [0.2, 0.25) is 10.0 Å². The first-order chi connectivity index (χ1) is 10.6. The van der Waals surface area contributed by atoms with Gasteiger partial charge in [0, 0.05) is 25.7 Å². The zero-order valence-corrected chi connectivity index (χ0v) is 13.9. The molecule has 22 heavy (non-hydrogen) atoms. The summed E-state index contributed by atoms with van der Waals surface area (Å²) in [6.45, 7) is 1.99. The number of nitrogens with zero attached hydrogens (tertiary/aromatic N) is 1. The first-order valence-corrected chi connectivity index (χ1v) is 9.56. The summed E-state index contributed by atoms with van der Waals surface area (Å²) >= 11 is 0. The van der Waals surface area contributed by atoms with Gasteiger partial charge in [0.25, 0.3) is 0 Å². The minimum Gasteiger partial charge on any atom is -0.497 e.